The van der Waals surface area contributed by atoms with E-state index in [4.69, 9.17) is 8.62 Å². The summed E-state index contributed by atoms with van der Waals surface area (Å²) < 4.78 is 29.2. The maximum absolute atomic E-state index is 14.6. The first-order valence-electron chi connectivity index (χ1n) is 23.1. The van der Waals surface area contributed by atoms with E-state index in [1.54, 1.807) is 0 Å². The molecule has 0 bridgehead atoms. The van der Waals surface area contributed by atoms with Crippen LogP contribution < -0.4 is 0 Å². The molecule has 0 N–H and O–H groups in total. The van der Waals surface area contributed by atoms with Crippen LogP contribution in [0, 0.1) is 0 Å². The van der Waals surface area contributed by atoms with E-state index in [0.29, 0.717) is 0 Å². The summed E-state index contributed by atoms with van der Waals surface area (Å²) in [4.78, 5) is 0. The van der Waals surface area contributed by atoms with Crippen molar-refractivity contribution in [2.45, 2.75) is 236 Å². The molecule has 0 aromatic heterocycles. The van der Waals surface area contributed by atoms with Gasteiger partial charge in [-0.25, -0.2) is 0 Å². The Morgan fingerprint density at radius 3 is 0.600 bits per heavy atom. The Bertz CT molecular complexity index is 612. The van der Waals surface area contributed by atoms with Gasteiger partial charge in [0.15, 0.2) is 0 Å². The average molecular weight is 769 g/mol. The second-order valence-corrected chi connectivity index (χ2v) is 29.6. The molecule has 0 saturated carbocycles. The van der Waals surface area contributed by atoms with Crippen LogP contribution in [0.3, 0.4) is 0 Å². The minimum absolute atomic E-state index is 1.16. The molecule has 0 saturated heterocycles. The van der Waals surface area contributed by atoms with Crippen LogP contribution in [0.15, 0.2) is 0 Å². The van der Waals surface area contributed by atoms with E-state index in [9.17, 15) is 4.57 Å². The summed E-state index contributed by atoms with van der Waals surface area (Å²) in [7, 11) is -2.59. The van der Waals surface area contributed by atoms with E-state index in [1.165, 1.54) is 167 Å². The fraction of sp³-hybridized carbons (Fsp3) is 1.00. The molecule has 0 aromatic carbocycles. The summed E-state index contributed by atoms with van der Waals surface area (Å²) in [6, 6.07) is 0. The van der Waals surface area contributed by atoms with Crippen LogP contribution in [0.25, 0.3) is 0 Å². The van der Waals surface area contributed by atoms with E-state index >= 15 is 0 Å². The SMILES string of the molecule is CCCCCCCCCCCC.CCCCP(CCCC)(CCCC)(CCCC)O[PH](=O)OP(CCCC)(CCCC)(CCCC)CCCC. The van der Waals surface area contributed by atoms with E-state index < -0.39 is 21.9 Å². The zero-order chi connectivity index (χ0) is 37.9. The first-order valence-corrected chi connectivity index (χ1v) is 30.1. The van der Waals surface area contributed by atoms with Gasteiger partial charge >= 0.3 is 243 Å². The van der Waals surface area contributed by atoms with Crippen LogP contribution in [-0.4, -0.2) is 49.3 Å². The van der Waals surface area contributed by atoms with Crippen molar-refractivity contribution in [3.8, 4) is 0 Å². The molecule has 0 aliphatic rings. The molecule has 0 heterocycles. The number of hydrogen-bond donors (Lipinski definition) is 0. The molecular formula is C44H99O3P3. The van der Waals surface area contributed by atoms with Crippen molar-refractivity contribution in [3.05, 3.63) is 0 Å². The topological polar surface area (TPSA) is 35.5 Å². The van der Waals surface area contributed by atoms with Gasteiger partial charge < -0.3 is 0 Å². The van der Waals surface area contributed by atoms with Gasteiger partial charge in [0, 0.05) is 0 Å². The van der Waals surface area contributed by atoms with Gasteiger partial charge in [-0.1, -0.05) is 78.1 Å². The zero-order valence-corrected chi connectivity index (χ0v) is 39.4. The third kappa shape index (κ3) is 23.0. The average Bonchev–Trinajstić information content (AvgIpc) is 3.13. The molecule has 3 nitrogen and oxygen atoms in total. The molecule has 0 radical (unpaired) electrons. The van der Waals surface area contributed by atoms with Crippen LogP contribution in [0.5, 0.6) is 0 Å². The molecule has 0 aromatic rings. The van der Waals surface area contributed by atoms with Crippen LogP contribution in [0.1, 0.15) is 236 Å². The van der Waals surface area contributed by atoms with Crippen LogP contribution in [0.2, 0.25) is 0 Å². The third-order valence-corrected chi connectivity index (χ3v) is 28.6. The van der Waals surface area contributed by atoms with Crippen molar-refractivity contribution >= 4 is 21.9 Å². The Morgan fingerprint density at radius 2 is 0.440 bits per heavy atom. The summed E-state index contributed by atoms with van der Waals surface area (Å²) in [5.74, 6) is 0. The Labute approximate surface area is 319 Å². The Morgan fingerprint density at radius 1 is 0.280 bits per heavy atom. The Balaban J connectivity index is 0. The normalized spacial score (nSPS) is 14.4. The molecule has 0 rings (SSSR count). The van der Waals surface area contributed by atoms with Crippen LogP contribution >= 0.6 is 21.9 Å². The first-order chi connectivity index (χ1) is 24.1. The summed E-state index contributed by atoms with van der Waals surface area (Å²) in [5, 5.41) is 0. The van der Waals surface area contributed by atoms with Gasteiger partial charge in [-0.3, -0.25) is 0 Å². The van der Waals surface area contributed by atoms with Gasteiger partial charge in [-0.05, 0) is 0 Å². The second-order valence-electron chi connectivity index (χ2n) is 16.6. The number of hydrogen-bond acceptors (Lipinski definition) is 3. The number of unbranched alkanes of at least 4 members (excludes halogenated alkanes) is 17. The molecular weight excluding hydrogens is 669 g/mol. The molecule has 308 valence electrons. The van der Waals surface area contributed by atoms with E-state index in [2.05, 4.69) is 69.2 Å². The summed E-state index contributed by atoms with van der Waals surface area (Å²) in [6.45, 7) is 17.8. The Kier molecular flexibility index (Phi) is 35.4. The molecule has 0 unspecified atom stereocenters. The van der Waals surface area contributed by atoms with E-state index in [1.807, 2.05) is 0 Å². The van der Waals surface area contributed by atoms with Crippen molar-refractivity contribution in [1.82, 2.24) is 0 Å². The van der Waals surface area contributed by atoms with Gasteiger partial charge in [0.05, 0.1) is 0 Å². The zero-order valence-electron chi connectivity index (χ0n) is 36.7. The fourth-order valence-electron chi connectivity index (χ4n) is 8.17. The van der Waals surface area contributed by atoms with Gasteiger partial charge in [0.25, 0.3) is 0 Å². The molecule has 0 atom stereocenters. The van der Waals surface area contributed by atoms with E-state index in [-0.39, 0.29) is 0 Å². The molecule has 0 spiro atoms. The molecule has 50 heavy (non-hydrogen) atoms. The van der Waals surface area contributed by atoms with Crippen molar-refractivity contribution < 1.29 is 13.2 Å². The summed E-state index contributed by atoms with van der Waals surface area (Å²) in [5.41, 5.74) is 0. The van der Waals surface area contributed by atoms with Crippen LogP contribution in [0.4, 0.5) is 0 Å². The van der Waals surface area contributed by atoms with Gasteiger partial charge in [0.2, 0.25) is 0 Å². The molecule has 0 aliphatic carbocycles. The fourth-order valence-corrected chi connectivity index (χ4v) is 26.5. The van der Waals surface area contributed by atoms with E-state index in [0.717, 1.165) is 49.3 Å². The van der Waals surface area contributed by atoms with Crippen molar-refractivity contribution in [2.24, 2.45) is 0 Å². The Hall–Kier alpha value is 1.01. The number of rotatable bonds is 37. The van der Waals surface area contributed by atoms with Gasteiger partial charge in [0.1, 0.15) is 0 Å². The standard InChI is InChI=1S/C32H73O3P3.C12H26/c1-9-17-25-37(26-18-10-2,27-19-11-3,28-20-12-4)34-36(33)35-38(29-21-13-5,30-22-14-6,31-23-15-7)32-24-16-8;1-3-5-7-9-11-12-10-8-6-4-2/h36H,9-32H2,1-8H3;3-12H2,1-2H3. The molecule has 0 amide bonds. The molecule has 0 aliphatic heterocycles. The quantitative estimate of drug-likeness (QED) is 0.0466. The van der Waals surface area contributed by atoms with Crippen molar-refractivity contribution in [1.29, 1.82) is 0 Å². The monoisotopic (exact) mass is 769 g/mol. The van der Waals surface area contributed by atoms with Crippen molar-refractivity contribution in [2.75, 3.05) is 49.3 Å². The van der Waals surface area contributed by atoms with Crippen LogP contribution in [-0.2, 0) is 13.2 Å². The minimum atomic E-state index is -2.63. The summed E-state index contributed by atoms with van der Waals surface area (Å²) >= 11 is 0. The summed E-state index contributed by atoms with van der Waals surface area (Å²) in [6.07, 6.45) is 42.8. The maximum atomic E-state index is 14.6. The third-order valence-electron chi connectivity index (χ3n) is 11.7. The second kappa shape index (κ2) is 33.4. The predicted octanol–water partition coefficient (Wildman–Crippen LogP) is 17.7. The predicted molar refractivity (Wildman–Crippen MR) is 241 cm³/mol. The molecule has 0 fully saturated rings. The molecule has 6 heteroatoms. The first kappa shape index (κ1) is 53.1. The van der Waals surface area contributed by atoms with Crippen molar-refractivity contribution in [3.63, 3.8) is 0 Å². The van der Waals surface area contributed by atoms with Gasteiger partial charge in [-0.2, -0.15) is 0 Å². The van der Waals surface area contributed by atoms with Gasteiger partial charge in [-0.15, -0.1) is 0 Å².